The molecule has 9 heteroatoms. The number of nitrogens with one attached hydrogen (secondary N) is 2. The summed E-state index contributed by atoms with van der Waals surface area (Å²) >= 11 is 0. The molecule has 3 rings (SSSR count). The topological polar surface area (TPSA) is 117 Å². The highest BCUT2D eigenvalue weighted by Crippen LogP contribution is 2.16. The molecule has 39 heavy (non-hydrogen) atoms. The van der Waals surface area contributed by atoms with E-state index in [1.807, 2.05) is 54.6 Å². The first kappa shape index (κ1) is 30.1. The van der Waals surface area contributed by atoms with Gasteiger partial charge in [-0.05, 0) is 49.7 Å². The van der Waals surface area contributed by atoms with Crippen LogP contribution < -0.4 is 21.1 Å². The number of ether oxygens (including phenoxy) is 1. The van der Waals surface area contributed by atoms with Crippen molar-refractivity contribution < 1.29 is 19.1 Å². The van der Waals surface area contributed by atoms with Crippen LogP contribution in [0.1, 0.15) is 37.3 Å². The van der Waals surface area contributed by atoms with Crippen LogP contribution >= 0.6 is 0 Å². The van der Waals surface area contributed by atoms with Gasteiger partial charge in [0, 0.05) is 51.5 Å². The maximum absolute atomic E-state index is 13.1. The molecule has 0 bridgehead atoms. The molecule has 1 aliphatic heterocycles. The second-order valence-electron chi connectivity index (χ2n) is 10.4. The first-order valence-electron chi connectivity index (χ1n) is 13.8. The number of carbonyl (C=O) groups excluding carboxylic acids is 3. The van der Waals surface area contributed by atoms with Crippen molar-refractivity contribution in [2.24, 2.45) is 11.7 Å². The Labute approximate surface area is 232 Å². The fraction of sp³-hybridized carbons (Fsp3) is 0.500. The Balaban J connectivity index is 1.53. The van der Waals surface area contributed by atoms with E-state index in [2.05, 4.69) is 27.5 Å². The van der Waals surface area contributed by atoms with E-state index >= 15 is 0 Å². The predicted octanol–water partition coefficient (Wildman–Crippen LogP) is 1.95. The zero-order valence-electron chi connectivity index (χ0n) is 23.2. The molecule has 0 saturated carbocycles. The molecular formula is C30H43N5O4. The highest BCUT2D eigenvalue weighted by atomic mass is 16.5. The summed E-state index contributed by atoms with van der Waals surface area (Å²) in [7, 11) is 2.13. The number of benzene rings is 2. The highest BCUT2D eigenvalue weighted by Gasteiger charge is 2.22. The fourth-order valence-corrected chi connectivity index (χ4v) is 4.37. The molecule has 1 aliphatic rings. The zero-order chi connectivity index (χ0) is 28.0. The third kappa shape index (κ3) is 11.1. The molecule has 0 radical (unpaired) electrons. The zero-order valence-corrected chi connectivity index (χ0v) is 23.2. The van der Waals surface area contributed by atoms with Crippen LogP contribution in [-0.2, 0) is 27.4 Å². The molecule has 3 amide bonds. The molecule has 1 saturated heterocycles. The van der Waals surface area contributed by atoms with E-state index in [1.54, 1.807) is 6.92 Å². The Kier molecular flexibility index (Phi) is 12.2. The molecule has 0 aliphatic carbocycles. The Hall–Kier alpha value is -3.43. The SMILES string of the molecule is CC(CCC(=O)NC(Cc1ccc(OCc2ccccc2)cc1)C(=O)NCCCN1CCN(C)CC1)C(N)=O. The average Bonchev–Trinajstić information content (AvgIpc) is 2.94. The first-order valence-corrected chi connectivity index (χ1v) is 13.8. The third-order valence-electron chi connectivity index (χ3n) is 7.10. The summed E-state index contributed by atoms with van der Waals surface area (Å²) in [6.07, 6.45) is 1.66. The van der Waals surface area contributed by atoms with Crippen LogP contribution in [0.2, 0.25) is 0 Å². The normalized spacial score (nSPS) is 15.7. The minimum absolute atomic E-state index is 0.129. The summed E-state index contributed by atoms with van der Waals surface area (Å²) in [4.78, 5) is 41.8. The average molecular weight is 538 g/mol. The first-order chi connectivity index (χ1) is 18.8. The monoisotopic (exact) mass is 537 g/mol. The molecule has 1 fully saturated rings. The summed E-state index contributed by atoms with van der Waals surface area (Å²) in [5.74, 6) is -0.595. The molecule has 9 nitrogen and oxygen atoms in total. The number of hydrogen-bond acceptors (Lipinski definition) is 6. The molecule has 0 spiro atoms. The Bertz CT molecular complexity index is 1040. The quantitative estimate of drug-likeness (QED) is 0.299. The van der Waals surface area contributed by atoms with Crippen LogP contribution in [0.3, 0.4) is 0 Å². The van der Waals surface area contributed by atoms with Crippen molar-refractivity contribution in [3.63, 3.8) is 0 Å². The smallest absolute Gasteiger partial charge is 0.242 e. The van der Waals surface area contributed by atoms with E-state index in [1.165, 1.54) is 0 Å². The van der Waals surface area contributed by atoms with Gasteiger partial charge in [0.05, 0.1) is 0 Å². The van der Waals surface area contributed by atoms with Gasteiger partial charge >= 0.3 is 0 Å². The van der Waals surface area contributed by atoms with Gasteiger partial charge in [-0.1, -0.05) is 49.4 Å². The number of rotatable bonds is 15. The molecule has 4 N–H and O–H groups in total. The van der Waals surface area contributed by atoms with E-state index in [0.29, 0.717) is 26.0 Å². The van der Waals surface area contributed by atoms with E-state index in [0.717, 1.165) is 56.0 Å². The van der Waals surface area contributed by atoms with Gasteiger partial charge in [-0.15, -0.1) is 0 Å². The predicted molar refractivity (Wildman–Crippen MR) is 152 cm³/mol. The number of likely N-dealkylation sites (N-methyl/N-ethyl adjacent to an activating group) is 1. The van der Waals surface area contributed by atoms with Crippen molar-refractivity contribution in [1.82, 2.24) is 20.4 Å². The van der Waals surface area contributed by atoms with E-state index in [-0.39, 0.29) is 18.2 Å². The van der Waals surface area contributed by atoms with Gasteiger partial charge in [-0.3, -0.25) is 14.4 Å². The lowest BCUT2D eigenvalue weighted by atomic mass is 10.0. The van der Waals surface area contributed by atoms with Crippen molar-refractivity contribution in [3.8, 4) is 5.75 Å². The van der Waals surface area contributed by atoms with Crippen molar-refractivity contribution in [2.45, 2.75) is 45.3 Å². The largest absolute Gasteiger partial charge is 0.489 e. The Morgan fingerprint density at radius 1 is 0.974 bits per heavy atom. The van der Waals surface area contributed by atoms with Crippen LogP contribution in [0.15, 0.2) is 54.6 Å². The van der Waals surface area contributed by atoms with Crippen LogP contribution in [-0.4, -0.2) is 79.9 Å². The number of carbonyl (C=O) groups is 3. The van der Waals surface area contributed by atoms with Crippen LogP contribution in [0, 0.1) is 5.92 Å². The summed E-state index contributed by atoms with van der Waals surface area (Å²) in [6, 6.07) is 16.8. The highest BCUT2D eigenvalue weighted by molar-refractivity contribution is 5.88. The minimum atomic E-state index is -0.721. The van der Waals surface area contributed by atoms with E-state index in [4.69, 9.17) is 10.5 Å². The van der Waals surface area contributed by atoms with Crippen LogP contribution in [0.5, 0.6) is 5.75 Å². The van der Waals surface area contributed by atoms with Gasteiger partial charge < -0.3 is 30.9 Å². The van der Waals surface area contributed by atoms with Gasteiger partial charge in [0.15, 0.2) is 0 Å². The van der Waals surface area contributed by atoms with Crippen LogP contribution in [0.4, 0.5) is 0 Å². The lowest BCUT2D eigenvalue weighted by Crippen LogP contribution is -2.49. The molecule has 212 valence electrons. The molecular weight excluding hydrogens is 494 g/mol. The van der Waals surface area contributed by atoms with E-state index < -0.39 is 17.9 Å². The van der Waals surface area contributed by atoms with Gasteiger partial charge in [-0.25, -0.2) is 0 Å². The summed E-state index contributed by atoms with van der Waals surface area (Å²) < 4.78 is 5.87. The Morgan fingerprint density at radius 2 is 1.67 bits per heavy atom. The summed E-state index contributed by atoms with van der Waals surface area (Å²) in [6.45, 7) is 7.84. The molecule has 1 heterocycles. The second kappa shape index (κ2) is 15.9. The Morgan fingerprint density at radius 3 is 2.33 bits per heavy atom. The molecule has 0 aromatic heterocycles. The number of nitrogens with zero attached hydrogens (tertiary/aromatic N) is 2. The maximum atomic E-state index is 13.1. The summed E-state index contributed by atoms with van der Waals surface area (Å²) in [5, 5.41) is 5.87. The summed E-state index contributed by atoms with van der Waals surface area (Å²) in [5.41, 5.74) is 7.31. The standard InChI is InChI=1S/C30H43N5O4/c1-23(29(31)37)9-14-28(36)33-27(30(38)32-15-6-16-35-19-17-34(2)18-20-35)21-24-10-12-26(13-11-24)39-22-25-7-4-3-5-8-25/h3-5,7-8,10-13,23,27H,6,9,14-22H2,1-2H3,(H2,31,37)(H,32,38)(H,33,36). The molecule has 2 atom stereocenters. The fourth-order valence-electron chi connectivity index (χ4n) is 4.37. The van der Waals surface area contributed by atoms with Crippen molar-refractivity contribution in [1.29, 1.82) is 0 Å². The van der Waals surface area contributed by atoms with Gasteiger partial charge in [0.2, 0.25) is 17.7 Å². The van der Waals surface area contributed by atoms with Crippen molar-refractivity contribution in [2.75, 3.05) is 46.3 Å². The molecule has 2 aromatic rings. The molecule has 2 unspecified atom stereocenters. The van der Waals surface area contributed by atoms with E-state index in [9.17, 15) is 14.4 Å². The lowest BCUT2D eigenvalue weighted by Gasteiger charge is -2.32. The van der Waals surface area contributed by atoms with Crippen LogP contribution in [0.25, 0.3) is 0 Å². The van der Waals surface area contributed by atoms with Gasteiger partial charge in [-0.2, -0.15) is 0 Å². The molecule has 2 aromatic carbocycles. The van der Waals surface area contributed by atoms with Gasteiger partial charge in [0.25, 0.3) is 0 Å². The van der Waals surface area contributed by atoms with Crippen molar-refractivity contribution >= 4 is 17.7 Å². The maximum Gasteiger partial charge on any atom is 0.242 e. The third-order valence-corrected chi connectivity index (χ3v) is 7.10. The van der Waals surface area contributed by atoms with Crippen molar-refractivity contribution in [3.05, 3.63) is 65.7 Å². The number of primary amides is 1. The number of nitrogens with two attached hydrogens (primary N) is 1. The van der Waals surface area contributed by atoms with Gasteiger partial charge in [0.1, 0.15) is 18.4 Å². The minimum Gasteiger partial charge on any atom is -0.489 e. The number of amides is 3. The number of hydrogen-bond donors (Lipinski definition) is 3. The number of piperazine rings is 1. The second-order valence-corrected chi connectivity index (χ2v) is 10.4. The lowest BCUT2D eigenvalue weighted by molar-refractivity contribution is -0.129.